The highest BCUT2D eigenvalue weighted by atomic mass is 16.3. The molecule has 4 heteroatoms. The van der Waals surface area contributed by atoms with Gasteiger partial charge in [0.25, 0.3) is 0 Å². The molecule has 3 atom stereocenters. The van der Waals surface area contributed by atoms with Crippen LogP contribution < -0.4 is 5.32 Å². The fourth-order valence-electron chi connectivity index (χ4n) is 3.52. The summed E-state index contributed by atoms with van der Waals surface area (Å²) in [6, 6.07) is 0. The second-order valence-electron chi connectivity index (χ2n) is 6.40. The average Bonchev–Trinajstić information content (AvgIpc) is 2.42. The number of nitrogens with zero attached hydrogens (tertiary/aromatic N) is 1. The van der Waals surface area contributed by atoms with E-state index >= 15 is 0 Å². The Bertz CT molecular complexity index is 308. The van der Waals surface area contributed by atoms with E-state index < -0.39 is 0 Å². The highest BCUT2D eigenvalue weighted by Gasteiger charge is 2.42. The van der Waals surface area contributed by atoms with Crippen molar-refractivity contribution >= 4 is 5.91 Å². The fraction of sp³-hybridized carbons (Fsp3) is 0.933. The van der Waals surface area contributed by atoms with Crippen molar-refractivity contribution in [1.82, 2.24) is 10.2 Å². The van der Waals surface area contributed by atoms with Crippen LogP contribution in [0.4, 0.5) is 0 Å². The quantitative estimate of drug-likeness (QED) is 0.813. The minimum absolute atomic E-state index is 0.215. The van der Waals surface area contributed by atoms with Gasteiger partial charge in [-0.15, -0.1) is 0 Å². The first-order chi connectivity index (χ1) is 9.09. The van der Waals surface area contributed by atoms with E-state index in [1.54, 1.807) is 0 Å². The van der Waals surface area contributed by atoms with Gasteiger partial charge in [0.1, 0.15) is 0 Å². The van der Waals surface area contributed by atoms with Crippen molar-refractivity contribution in [3.63, 3.8) is 0 Å². The lowest BCUT2D eigenvalue weighted by molar-refractivity contribution is -0.148. The second kappa shape index (κ2) is 6.23. The number of likely N-dealkylation sites (tertiary alicyclic amines) is 1. The zero-order valence-electron chi connectivity index (χ0n) is 12.3. The highest BCUT2D eigenvalue weighted by molar-refractivity contribution is 5.83. The van der Waals surface area contributed by atoms with Crippen LogP contribution in [0.5, 0.6) is 0 Å². The molecule has 2 heterocycles. The first-order valence-corrected chi connectivity index (χ1v) is 7.77. The zero-order valence-corrected chi connectivity index (χ0v) is 12.3. The predicted octanol–water partition coefficient (Wildman–Crippen LogP) is 1.39. The number of aliphatic hydroxyl groups is 1. The molecular weight excluding hydrogens is 240 g/mol. The maximum atomic E-state index is 12.9. The Labute approximate surface area is 116 Å². The number of nitrogens with one attached hydrogen (secondary N) is 1. The maximum absolute atomic E-state index is 12.9. The van der Waals surface area contributed by atoms with Gasteiger partial charge in [-0.1, -0.05) is 20.3 Å². The Morgan fingerprint density at radius 3 is 2.89 bits per heavy atom. The lowest BCUT2D eigenvalue weighted by atomic mass is 9.75. The van der Waals surface area contributed by atoms with Crippen molar-refractivity contribution in [3.05, 3.63) is 0 Å². The van der Waals surface area contributed by atoms with E-state index in [1.165, 1.54) is 0 Å². The summed E-state index contributed by atoms with van der Waals surface area (Å²) in [5.41, 5.74) is -0.215. The van der Waals surface area contributed by atoms with Crippen LogP contribution in [0.3, 0.4) is 0 Å². The number of hydrogen-bond acceptors (Lipinski definition) is 3. The molecule has 4 nitrogen and oxygen atoms in total. The number of carbonyl (C=O) groups is 1. The molecule has 3 unspecified atom stereocenters. The van der Waals surface area contributed by atoms with Crippen molar-refractivity contribution in [3.8, 4) is 0 Å². The molecule has 0 aliphatic carbocycles. The molecule has 0 saturated carbocycles. The molecular formula is C15H28N2O2. The van der Waals surface area contributed by atoms with E-state index in [4.69, 9.17) is 0 Å². The lowest BCUT2D eigenvalue weighted by Crippen LogP contribution is -2.55. The van der Waals surface area contributed by atoms with Gasteiger partial charge in [0.05, 0.1) is 11.5 Å². The third-order valence-corrected chi connectivity index (χ3v) is 4.86. The van der Waals surface area contributed by atoms with Crippen LogP contribution in [-0.4, -0.2) is 48.2 Å². The first-order valence-electron chi connectivity index (χ1n) is 7.77. The van der Waals surface area contributed by atoms with E-state index in [0.29, 0.717) is 12.5 Å². The van der Waals surface area contributed by atoms with Crippen molar-refractivity contribution in [2.45, 2.75) is 52.1 Å². The van der Waals surface area contributed by atoms with Crippen molar-refractivity contribution in [2.24, 2.45) is 11.3 Å². The molecule has 2 fully saturated rings. The summed E-state index contributed by atoms with van der Waals surface area (Å²) in [7, 11) is 0. The van der Waals surface area contributed by atoms with E-state index in [9.17, 15) is 9.90 Å². The van der Waals surface area contributed by atoms with Crippen LogP contribution in [-0.2, 0) is 4.79 Å². The van der Waals surface area contributed by atoms with Gasteiger partial charge in [0.2, 0.25) is 5.91 Å². The van der Waals surface area contributed by atoms with E-state index in [0.717, 1.165) is 51.7 Å². The molecule has 2 N–H and O–H groups in total. The van der Waals surface area contributed by atoms with Gasteiger partial charge in [-0.2, -0.15) is 0 Å². The number of aliphatic hydroxyl groups excluding tert-OH is 1. The predicted molar refractivity (Wildman–Crippen MR) is 75.8 cm³/mol. The minimum atomic E-state index is -0.354. The average molecular weight is 268 g/mol. The number of amides is 1. The minimum Gasteiger partial charge on any atom is -0.391 e. The summed E-state index contributed by atoms with van der Waals surface area (Å²) in [5.74, 6) is 0.586. The maximum Gasteiger partial charge on any atom is 0.230 e. The summed E-state index contributed by atoms with van der Waals surface area (Å²) < 4.78 is 0. The largest absolute Gasteiger partial charge is 0.391 e. The summed E-state index contributed by atoms with van der Waals surface area (Å²) in [5, 5.41) is 13.4. The highest BCUT2D eigenvalue weighted by Crippen LogP contribution is 2.35. The lowest BCUT2D eigenvalue weighted by Gasteiger charge is -2.43. The van der Waals surface area contributed by atoms with E-state index in [2.05, 4.69) is 19.2 Å². The molecule has 2 aliphatic heterocycles. The van der Waals surface area contributed by atoms with Crippen LogP contribution in [0.2, 0.25) is 0 Å². The van der Waals surface area contributed by atoms with Crippen LogP contribution in [0.25, 0.3) is 0 Å². The number of piperidine rings is 2. The molecule has 0 aromatic rings. The monoisotopic (exact) mass is 268 g/mol. The zero-order chi connectivity index (χ0) is 13.9. The number of carbonyl (C=O) groups excluding carboxylic acids is 1. The van der Waals surface area contributed by atoms with Crippen molar-refractivity contribution in [1.29, 1.82) is 0 Å². The standard InChI is InChI=1S/C15H28N2O2/c1-3-6-15(7-4-8-16-11-15)14(19)17-9-5-12(2)13(18)10-17/h12-13,16,18H,3-11H2,1-2H3. The number of rotatable bonds is 3. The molecule has 0 radical (unpaired) electrons. The molecule has 0 spiro atoms. The molecule has 1 amide bonds. The van der Waals surface area contributed by atoms with Gasteiger partial charge in [-0.05, 0) is 38.1 Å². The third kappa shape index (κ3) is 3.11. The van der Waals surface area contributed by atoms with Crippen LogP contribution in [0.15, 0.2) is 0 Å². The Balaban J connectivity index is 2.06. The van der Waals surface area contributed by atoms with Crippen LogP contribution in [0.1, 0.15) is 46.0 Å². The van der Waals surface area contributed by atoms with Gasteiger partial charge in [0, 0.05) is 19.6 Å². The van der Waals surface area contributed by atoms with Gasteiger partial charge in [-0.25, -0.2) is 0 Å². The van der Waals surface area contributed by atoms with Crippen molar-refractivity contribution < 1.29 is 9.90 Å². The van der Waals surface area contributed by atoms with Gasteiger partial charge in [-0.3, -0.25) is 4.79 Å². The summed E-state index contributed by atoms with van der Waals surface area (Å²) >= 11 is 0. The Morgan fingerprint density at radius 2 is 2.32 bits per heavy atom. The second-order valence-corrected chi connectivity index (χ2v) is 6.40. The normalized spacial score (nSPS) is 36.3. The molecule has 19 heavy (non-hydrogen) atoms. The molecule has 110 valence electrons. The number of β-amino-alcohol motifs (C(OH)–C–C–N with tert-alkyl or cyclic N) is 1. The Hall–Kier alpha value is -0.610. The summed E-state index contributed by atoms with van der Waals surface area (Å²) in [4.78, 5) is 14.8. The smallest absolute Gasteiger partial charge is 0.230 e. The molecule has 2 saturated heterocycles. The SMILES string of the molecule is CCCC1(C(=O)N2CCC(C)C(O)C2)CCCNC1. The van der Waals surface area contributed by atoms with E-state index in [-0.39, 0.29) is 17.4 Å². The Morgan fingerprint density at radius 1 is 1.53 bits per heavy atom. The molecule has 0 bridgehead atoms. The van der Waals surface area contributed by atoms with E-state index in [1.807, 2.05) is 4.90 Å². The van der Waals surface area contributed by atoms with Crippen LogP contribution in [0, 0.1) is 11.3 Å². The molecule has 0 aromatic heterocycles. The molecule has 2 rings (SSSR count). The fourth-order valence-corrected chi connectivity index (χ4v) is 3.52. The molecule has 2 aliphatic rings. The van der Waals surface area contributed by atoms with Gasteiger partial charge in [0.15, 0.2) is 0 Å². The van der Waals surface area contributed by atoms with Gasteiger partial charge >= 0.3 is 0 Å². The summed E-state index contributed by atoms with van der Waals surface area (Å²) in [6.45, 7) is 7.38. The Kier molecular flexibility index (Phi) is 4.85. The third-order valence-electron chi connectivity index (χ3n) is 4.86. The van der Waals surface area contributed by atoms with Gasteiger partial charge < -0.3 is 15.3 Å². The molecule has 0 aromatic carbocycles. The van der Waals surface area contributed by atoms with Crippen molar-refractivity contribution in [2.75, 3.05) is 26.2 Å². The summed E-state index contributed by atoms with van der Waals surface area (Å²) in [6.07, 6.45) is 4.64. The van der Waals surface area contributed by atoms with Crippen LogP contribution >= 0.6 is 0 Å². The number of hydrogen-bond donors (Lipinski definition) is 2. The topological polar surface area (TPSA) is 52.6 Å². The first kappa shape index (κ1) is 14.8.